The van der Waals surface area contributed by atoms with Gasteiger partial charge < -0.3 is 9.84 Å². The molecule has 4 heteroatoms. The molecule has 84 valence electrons. The van der Waals surface area contributed by atoms with Crippen molar-refractivity contribution in [2.75, 3.05) is 0 Å². The third-order valence-electron chi connectivity index (χ3n) is 2.37. The van der Waals surface area contributed by atoms with Gasteiger partial charge in [0.25, 0.3) is 0 Å². The highest BCUT2D eigenvalue weighted by atomic mass is 16.5. The van der Waals surface area contributed by atoms with Crippen molar-refractivity contribution in [3.8, 4) is 0 Å². The number of benzene rings is 1. The molecule has 0 bridgehead atoms. The summed E-state index contributed by atoms with van der Waals surface area (Å²) in [7, 11) is 0. The van der Waals surface area contributed by atoms with Crippen molar-refractivity contribution in [3.05, 3.63) is 47.6 Å². The summed E-state index contributed by atoms with van der Waals surface area (Å²) in [4.78, 5) is 4.18. The van der Waals surface area contributed by atoms with Crippen LogP contribution in [0.3, 0.4) is 0 Å². The average Bonchev–Trinajstić information content (AvgIpc) is 2.74. The van der Waals surface area contributed by atoms with Crippen LogP contribution in [-0.2, 0) is 6.54 Å². The summed E-state index contributed by atoms with van der Waals surface area (Å²) < 4.78 is 5.09. The SMILES string of the molecule is Cc1noc(C(C)NCc2ccccc2)n1. The van der Waals surface area contributed by atoms with Crippen LogP contribution in [0.5, 0.6) is 0 Å². The van der Waals surface area contributed by atoms with Crippen molar-refractivity contribution in [1.82, 2.24) is 15.5 Å². The van der Waals surface area contributed by atoms with Crippen LogP contribution in [0.15, 0.2) is 34.9 Å². The van der Waals surface area contributed by atoms with Gasteiger partial charge in [-0.05, 0) is 19.4 Å². The number of nitrogens with one attached hydrogen (secondary N) is 1. The number of nitrogens with zero attached hydrogens (tertiary/aromatic N) is 2. The van der Waals surface area contributed by atoms with Crippen LogP contribution in [0, 0.1) is 6.92 Å². The van der Waals surface area contributed by atoms with E-state index in [1.165, 1.54) is 5.56 Å². The average molecular weight is 217 g/mol. The highest BCUT2D eigenvalue weighted by Crippen LogP contribution is 2.10. The van der Waals surface area contributed by atoms with E-state index < -0.39 is 0 Å². The summed E-state index contributed by atoms with van der Waals surface area (Å²) >= 11 is 0. The Hall–Kier alpha value is -1.68. The fourth-order valence-electron chi connectivity index (χ4n) is 1.44. The maximum Gasteiger partial charge on any atom is 0.243 e. The number of hydrogen-bond acceptors (Lipinski definition) is 4. The lowest BCUT2D eigenvalue weighted by atomic mass is 10.2. The number of aryl methyl sites for hydroxylation is 1. The molecule has 1 aromatic heterocycles. The molecule has 0 aliphatic carbocycles. The molecule has 0 fully saturated rings. The third kappa shape index (κ3) is 2.67. The Morgan fingerprint density at radius 3 is 2.69 bits per heavy atom. The molecule has 0 saturated heterocycles. The second kappa shape index (κ2) is 4.90. The maximum absolute atomic E-state index is 5.09. The van der Waals surface area contributed by atoms with Crippen molar-refractivity contribution < 1.29 is 4.52 Å². The molecule has 1 aromatic carbocycles. The van der Waals surface area contributed by atoms with Crippen LogP contribution in [0.25, 0.3) is 0 Å². The number of aromatic nitrogens is 2. The third-order valence-corrected chi connectivity index (χ3v) is 2.37. The Kier molecular flexibility index (Phi) is 3.31. The summed E-state index contributed by atoms with van der Waals surface area (Å²) in [5.41, 5.74) is 1.24. The predicted octanol–water partition coefficient (Wildman–Crippen LogP) is 2.23. The molecule has 1 atom stereocenters. The van der Waals surface area contributed by atoms with Crippen LogP contribution >= 0.6 is 0 Å². The molecule has 0 aliphatic heterocycles. The minimum atomic E-state index is 0.0707. The minimum absolute atomic E-state index is 0.0707. The van der Waals surface area contributed by atoms with Gasteiger partial charge in [-0.25, -0.2) is 0 Å². The van der Waals surface area contributed by atoms with Crippen molar-refractivity contribution in [2.45, 2.75) is 26.4 Å². The highest BCUT2D eigenvalue weighted by molar-refractivity contribution is 5.14. The molecule has 2 aromatic rings. The first-order chi connectivity index (χ1) is 7.75. The van der Waals surface area contributed by atoms with Gasteiger partial charge in [0, 0.05) is 6.54 Å². The van der Waals surface area contributed by atoms with E-state index in [1.807, 2.05) is 32.0 Å². The van der Waals surface area contributed by atoms with Crippen LogP contribution in [0.1, 0.15) is 30.2 Å². The first-order valence-electron chi connectivity index (χ1n) is 5.33. The first-order valence-corrected chi connectivity index (χ1v) is 5.33. The Morgan fingerprint density at radius 2 is 2.06 bits per heavy atom. The molecule has 0 spiro atoms. The Bertz CT molecular complexity index is 439. The zero-order chi connectivity index (χ0) is 11.4. The van der Waals surface area contributed by atoms with E-state index in [-0.39, 0.29) is 6.04 Å². The Morgan fingerprint density at radius 1 is 1.31 bits per heavy atom. The van der Waals surface area contributed by atoms with Crippen LogP contribution in [0.2, 0.25) is 0 Å². The zero-order valence-corrected chi connectivity index (χ0v) is 9.47. The van der Waals surface area contributed by atoms with Gasteiger partial charge in [-0.2, -0.15) is 4.98 Å². The highest BCUT2D eigenvalue weighted by Gasteiger charge is 2.11. The Balaban J connectivity index is 1.91. The summed E-state index contributed by atoms with van der Waals surface area (Å²) in [5.74, 6) is 1.30. The molecule has 1 heterocycles. The predicted molar refractivity (Wildman–Crippen MR) is 60.7 cm³/mol. The van der Waals surface area contributed by atoms with Crippen LogP contribution in [-0.4, -0.2) is 10.1 Å². The van der Waals surface area contributed by atoms with Gasteiger partial charge in [0.2, 0.25) is 5.89 Å². The van der Waals surface area contributed by atoms with E-state index >= 15 is 0 Å². The van der Waals surface area contributed by atoms with E-state index in [9.17, 15) is 0 Å². The van der Waals surface area contributed by atoms with Crippen molar-refractivity contribution >= 4 is 0 Å². The second-order valence-electron chi connectivity index (χ2n) is 3.77. The largest absolute Gasteiger partial charge is 0.338 e. The van der Waals surface area contributed by atoms with Crippen molar-refractivity contribution in [1.29, 1.82) is 0 Å². The molecule has 1 N–H and O–H groups in total. The molecular formula is C12H15N3O. The standard InChI is InChI=1S/C12H15N3O/c1-9(12-14-10(2)15-16-12)13-8-11-6-4-3-5-7-11/h3-7,9,13H,8H2,1-2H3. The normalized spacial score (nSPS) is 12.6. The van der Waals surface area contributed by atoms with E-state index in [0.29, 0.717) is 11.7 Å². The van der Waals surface area contributed by atoms with E-state index in [0.717, 1.165) is 6.54 Å². The molecule has 0 amide bonds. The van der Waals surface area contributed by atoms with Gasteiger partial charge in [0.15, 0.2) is 5.82 Å². The van der Waals surface area contributed by atoms with E-state index in [1.54, 1.807) is 0 Å². The fraction of sp³-hybridized carbons (Fsp3) is 0.333. The van der Waals surface area contributed by atoms with Gasteiger partial charge in [0.05, 0.1) is 6.04 Å². The molecule has 2 rings (SSSR count). The lowest BCUT2D eigenvalue weighted by Crippen LogP contribution is -2.18. The maximum atomic E-state index is 5.09. The summed E-state index contributed by atoms with van der Waals surface area (Å²) in [6.45, 7) is 4.62. The van der Waals surface area contributed by atoms with Gasteiger partial charge in [-0.15, -0.1) is 0 Å². The van der Waals surface area contributed by atoms with Gasteiger partial charge in [-0.1, -0.05) is 35.5 Å². The number of hydrogen-bond donors (Lipinski definition) is 1. The lowest BCUT2D eigenvalue weighted by Gasteiger charge is -2.09. The van der Waals surface area contributed by atoms with Crippen LogP contribution < -0.4 is 5.32 Å². The molecule has 16 heavy (non-hydrogen) atoms. The summed E-state index contributed by atoms with van der Waals surface area (Å²) in [5, 5.41) is 7.10. The zero-order valence-electron chi connectivity index (χ0n) is 9.47. The molecule has 0 radical (unpaired) electrons. The molecule has 0 saturated carbocycles. The first kappa shape index (κ1) is 10.8. The molecule has 4 nitrogen and oxygen atoms in total. The van der Waals surface area contributed by atoms with Crippen LogP contribution in [0.4, 0.5) is 0 Å². The van der Waals surface area contributed by atoms with Crippen molar-refractivity contribution in [2.24, 2.45) is 0 Å². The smallest absolute Gasteiger partial charge is 0.243 e. The van der Waals surface area contributed by atoms with E-state index in [2.05, 4.69) is 27.6 Å². The number of rotatable bonds is 4. The topological polar surface area (TPSA) is 51.0 Å². The summed E-state index contributed by atoms with van der Waals surface area (Å²) in [6.07, 6.45) is 0. The van der Waals surface area contributed by atoms with Crippen molar-refractivity contribution in [3.63, 3.8) is 0 Å². The quantitative estimate of drug-likeness (QED) is 0.853. The molecule has 1 unspecified atom stereocenters. The van der Waals surface area contributed by atoms with Gasteiger partial charge in [0.1, 0.15) is 0 Å². The monoisotopic (exact) mass is 217 g/mol. The molecular weight excluding hydrogens is 202 g/mol. The lowest BCUT2D eigenvalue weighted by molar-refractivity contribution is 0.336. The van der Waals surface area contributed by atoms with Gasteiger partial charge >= 0.3 is 0 Å². The second-order valence-corrected chi connectivity index (χ2v) is 3.77. The fourth-order valence-corrected chi connectivity index (χ4v) is 1.44. The minimum Gasteiger partial charge on any atom is -0.338 e. The molecule has 0 aliphatic rings. The van der Waals surface area contributed by atoms with E-state index in [4.69, 9.17) is 4.52 Å². The Labute approximate surface area is 94.7 Å². The summed E-state index contributed by atoms with van der Waals surface area (Å²) in [6, 6.07) is 10.3. The van der Waals surface area contributed by atoms with Gasteiger partial charge in [-0.3, -0.25) is 0 Å².